The molecule has 1 heterocycles. The highest BCUT2D eigenvalue weighted by atomic mass is 15.4. The van der Waals surface area contributed by atoms with E-state index >= 15 is 0 Å². The quantitative estimate of drug-likeness (QED) is 0.114. The van der Waals surface area contributed by atoms with Crippen molar-refractivity contribution < 1.29 is 0 Å². The summed E-state index contributed by atoms with van der Waals surface area (Å²) in [4.78, 5) is 5.33. The predicted octanol–water partition coefficient (Wildman–Crippen LogP) is 10.8. The summed E-state index contributed by atoms with van der Waals surface area (Å²) in [7, 11) is 0. The highest BCUT2D eigenvalue weighted by molar-refractivity contribution is 4.96. The van der Waals surface area contributed by atoms with Gasteiger partial charge in [0.2, 0.25) is 0 Å². The molecular formula is C32H64N2. The fourth-order valence-electron chi connectivity index (χ4n) is 5.45. The molecule has 0 radical (unpaired) electrons. The second-order valence-corrected chi connectivity index (χ2v) is 11.1. The molecule has 2 heteroatoms. The highest BCUT2D eigenvalue weighted by Gasteiger charge is 2.24. The van der Waals surface area contributed by atoms with Gasteiger partial charge < -0.3 is 9.80 Å². The van der Waals surface area contributed by atoms with Gasteiger partial charge in [0, 0.05) is 25.5 Å². The van der Waals surface area contributed by atoms with Crippen molar-refractivity contribution in [2.45, 2.75) is 181 Å². The molecule has 0 amide bonds. The van der Waals surface area contributed by atoms with E-state index in [4.69, 9.17) is 0 Å². The topological polar surface area (TPSA) is 6.48 Å². The Morgan fingerprint density at radius 2 is 0.706 bits per heavy atom. The number of hydrogen-bond donors (Lipinski definition) is 0. The summed E-state index contributed by atoms with van der Waals surface area (Å²) in [6, 6.07) is 0. The summed E-state index contributed by atoms with van der Waals surface area (Å²) >= 11 is 0. The van der Waals surface area contributed by atoms with Crippen LogP contribution < -0.4 is 0 Å². The molecule has 0 aliphatic carbocycles. The van der Waals surface area contributed by atoms with Crippen LogP contribution in [0.2, 0.25) is 0 Å². The molecule has 0 bridgehead atoms. The SMILES string of the molecule is CCCCCCCCCCCCCC1N(CCCC)C=CN1CCCCCCCCCCCC. The van der Waals surface area contributed by atoms with Crippen LogP contribution in [0.15, 0.2) is 12.4 Å². The van der Waals surface area contributed by atoms with Crippen molar-refractivity contribution in [2.75, 3.05) is 13.1 Å². The van der Waals surface area contributed by atoms with E-state index in [1.165, 1.54) is 167 Å². The van der Waals surface area contributed by atoms with Crippen LogP contribution in [-0.4, -0.2) is 29.1 Å². The highest BCUT2D eigenvalue weighted by Crippen LogP contribution is 2.23. The molecule has 0 aromatic rings. The second kappa shape index (κ2) is 24.1. The zero-order valence-electron chi connectivity index (χ0n) is 24.0. The Balaban J connectivity index is 2.12. The maximum absolute atomic E-state index is 2.68. The van der Waals surface area contributed by atoms with Crippen LogP contribution in [0.1, 0.15) is 175 Å². The van der Waals surface area contributed by atoms with E-state index in [9.17, 15) is 0 Å². The molecule has 0 saturated heterocycles. The largest absolute Gasteiger partial charge is 0.356 e. The fraction of sp³-hybridized carbons (Fsp3) is 0.938. The van der Waals surface area contributed by atoms with Gasteiger partial charge in [0.25, 0.3) is 0 Å². The summed E-state index contributed by atoms with van der Waals surface area (Å²) in [6.07, 6.45) is 39.6. The van der Waals surface area contributed by atoms with Gasteiger partial charge in [0.05, 0.1) is 0 Å². The molecule has 0 N–H and O–H groups in total. The summed E-state index contributed by atoms with van der Waals surface area (Å²) in [5.41, 5.74) is 0. The maximum Gasteiger partial charge on any atom is 0.101 e. The summed E-state index contributed by atoms with van der Waals surface area (Å²) in [5.74, 6) is 0. The first-order chi connectivity index (χ1) is 16.8. The average Bonchev–Trinajstić information content (AvgIpc) is 3.23. The summed E-state index contributed by atoms with van der Waals surface area (Å²) in [5, 5.41) is 0. The van der Waals surface area contributed by atoms with Crippen LogP contribution in [0, 0.1) is 0 Å². The molecule has 1 unspecified atom stereocenters. The van der Waals surface area contributed by atoms with Crippen molar-refractivity contribution in [2.24, 2.45) is 0 Å². The predicted molar refractivity (Wildman–Crippen MR) is 154 cm³/mol. The number of unbranched alkanes of at least 4 members (excludes halogenated alkanes) is 20. The van der Waals surface area contributed by atoms with E-state index in [2.05, 4.69) is 43.0 Å². The molecule has 1 aliphatic heterocycles. The lowest BCUT2D eigenvalue weighted by Gasteiger charge is -2.33. The zero-order chi connectivity index (χ0) is 24.5. The van der Waals surface area contributed by atoms with E-state index in [1.807, 2.05) is 0 Å². The molecule has 0 aromatic heterocycles. The monoisotopic (exact) mass is 477 g/mol. The van der Waals surface area contributed by atoms with E-state index in [0.717, 1.165) is 0 Å². The van der Waals surface area contributed by atoms with Crippen molar-refractivity contribution in [1.82, 2.24) is 9.80 Å². The Hall–Kier alpha value is -0.660. The average molecular weight is 477 g/mol. The summed E-state index contributed by atoms with van der Waals surface area (Å²) in [6.45, 7) is 9.44. The van der Waals surface area contributed by atoms with Crippen LogP contribution in [0.4, 0.5) is 0 Å². The smallest absolute Gasteiger partial charge is 0.101 e. The second-order valence-electron chi connectivity index (χ2n) is 11.1. The van der Waals surface area contributed by atoms with Crippen LogP contribution in [-0.2, 0) is 0 Å². The molecule has 34 heavy (non-hydrogen) atoms. The molecule has 0 fully saturated rings. The molecule has 2 nitrogen and oxygen atoms in total. The first-order valence-corrected chi connectivity index (χ1v) is 16.0. The number of rotatable bonds is 26. The lowest BCUT2D eigenvalue weighted by atomic mass is 10.0. The van der Waals surface area contributed by atoms with Gasteiger partial charge in [-0.2, -0.15) is 0 Å². The van der Waals surface area contributed by atoms with Crippen LogP contribution in [0.3, 0.4) is 0 Å². The van der Waals surface area contributed by atoms with Gasteiger partial charge in [-0.15, -0.1) is 0 Å². The third-order valence-electron chi connectivity index (χ3n) is 7.82. The Bertz CT molecular complexity index is 433. The first kappa shape index (κ1) is 31.4. The van der Waals surface area contributed by atoms with Gasteiger partial charge in [0.15, 0.2) is 0 Å². The molecule has 1 atom stereocenters. The normalized spacial score (nSPS) is 15.7. The van der Waals surface area contributed by atoms with Crippen LogP contribution in [0.5, 0.6) is 0 Å². The number of hydrogen-bond acceptors (Lipinski definition) is 2. The zero-order valence-corrected chi connectivity index (χ0v) is 24.0. The first-order valence-electron chi connectivity index (χ1n) is 16.0. The molecule has 0 spiro atoms. The lowest BCUT2D eigenvalue weighted by molar-refractivity contribution is 0.136. The van der Waals surface area contributed by atoms with Gasteiger partial charge in [-0.25, -0.2) is 0 Å². The maximum atomic E-state index is 2.68. The van der Waals surface area contributed by atoms with Crippen molar-refractivity contribution >= 4 is 0 Å². The third kappa shape index (κ3) is 16.9. The van der Waals surface area contributed by atoms with Crippen molar-refractivity contribution in [1.29, 1.82) is 0 Å². The fourth-order valence-corrected chi connectivity index (χ4v) is 5.45. The van der Waals surface area contributed by atoms with Crippen molar-refractivity contribution in [3.05, 3.63) is 12.4 Å². The minimum Gasteiger partial charge on any atom is -0.356 e. The summed E-state index contributed by atoms with van der Waals surface area (Å²) < 4.78 is 0. The van der Waals surface area contributed by atoms with Gasteiger partial charge in [-0.05, 0) is 25.7 Å². The van der Waals surface area contributed by atoms with E-state index in [1.54, 1.807) is 0 Å². The van der Waals surface area contributed by atoms with E-state index < -0.39 is 0 Å². The van der Waals surface area contributed by atoms with E-state index in [-0.39, 0.29) is 0 Å². The minimum absolute atomic E-state index is 0.642. The van der Waals surface area contributed by atoms with Crippen LogP contribution in [0.25, 0.3) is 0 Å². The van der Waals surface area contributed by atoms with E-state index in [0.29, 0.717) is 6.17 Å². The van der Waals surface area contributed by atoms with Crippen molar-refractivity contribution in [3.63, 3.8) is 0 Å². The molecule has 1 rings (SSSR count). The Labute approximate surface area is 216 Å². The Morgan fingerprint density at radius 3 is 1.12 bits per heavy atom. The number of nitrogens with zero attached hydrogens (tertiary/aromatic N) is 2. The standard InChI is InChI=1S/C32H64N2/c1-4-7-10-12-14-16-18-19-21-23-25-27-32-33(28-9-6-3)30-31-34(32)29-26-24-22-20-17-15-13-11-8-5-2/h30-32H,4-29H2,1-3H3. The van der Waals surface area contributed by atoms with Crippen molar-refractivity contribution in [3.8, 4) is 0 Å². The minimum atomic E-state index is 0.642. The lowest BCUT2D eigenvalue weighted by Crippen LogP contribution is -2.39. The molecule has 0 aromatic carbocycles. The Morgan fingerprint density at radius 1 is 0.382 bits per heavy atom. The molecule has 1 aliphatic rings. The van der Waals surface area contributed by atoms with Gasteiger partial charge in [-0.1, -0.05) is 149 Å². The molecular weight excluding hydrogens is 412 g/mol. The van der Waals surface area contributed by atoms with Crippen LogP contribution >= 0.6 is 0 Å². The molecule has 0 saturated carbocycles. The molecule has 202 valence electrons. The van der Waals surface area contributed by atoms with Gasteiger partial charge in [-0.3, -0.25) is 0 Å². The Kier molecular flexibility index (Phi) is 22.2. The van der Waals surface area contributed by atoms with Gasteiger partial charge in [0.1, 0.15) is 6.17 Å². The van der Waals surface area contributed by atoms with Gasteiger partial charge >= 0.3 is 0 Å². The third-order valence-corrected chi connectivity index (χ3v) is 7.82.